The van der Waals surface area contributed by atoms with Crippen LogP contribution in [0.25, 0.3) is 0 Å². The van der Waals surface area contributed by atoms with E-state index in [-0.39, 0.29) is 12.0 Å². The van der Waals surface area contributed by atoms with E-state index >= 15 is 0 Å². The molecule has 1 amide bonds. The lowest BCUT2D eigenvalue weighted by Gasteiger charge is -2.11. The Labute approximate surface area is 110 Å². The van der Waals surface area contributed by atoms with Gasteiger partial charge in [-0.25, -0.2) is 0 Å². The fourth-order valence-electron chi connectivity index (χ4n) is 1.79. The number of hydrogen-bond acceptors (Lipinski definition) is 2. The highest BCUT2D eigenvalue weighted by molar-refractivity contribution is 6.43. The van der Waals surface area contributed by atoms with Crippen LogP contribution < -0.4 is 5.32 Å². The van der Waals surface area contributed by atoms with Crippen molar-refractivity contribution < 1.29 is 9.53 Å². The van der Waals surface area contributed by atoms with Crippen molar-refractivity contribution in [3.05, 3.63) is 33.8 Å². The lowest BCUT2D eigenvalue weighted by molar-refractivity contribution is 0.0858. The minimum Gasteiger partial charge on any atom is -0.376 e. The molecular formula is C12H13Cl2NO2. The predicted molar refractivity (Wildman–Crippen MR) is 67.8 cm³/mol. The van der Waals surface area contributed by atoms with Gasteiger partial charge >= 0.3 is 0 Å². The molecule has 1 aliphatic rings. The molecule has 0 aliphatic carbocycles. The lowest BCUT2D eigenvalue weighted by atomic mass is 10.2. The van der Waals surface area contributed by atoms with Crippen LogP contribution in [0, 0.1) is 0 Å². The second kappa shape index (κ2) is 5.71. The van der Waals surface area contributed by atoms with Crippen molar-refractivity contribution in [3.8, 4) is 0 Å². The minimum atomic E-state index is -0.215. The molecule has 1 atom stereocenters. The van der Waals surface area contributed by atoms with Crippen molar-refractivity contribution in [1.82, 2.24) is 5.32 Å². The Morgan fingerprint density at radius 3 is 3.00 bits per heavy atom. The highest BCUT2D eigenvalue weighted by atomic mass is 35.5. The smallest absolute Gasteiger partial charge is 0.252 e. The van der Waals surface area contributed by atoms with Gasteiger partial charge in [0.05, 0.1) is 21.7 Å². The quantitative estimate of drug-likeness (QED) is 0.920. The average Bonchev–Trinajstić information content (AvgIpc) is 2.82. The van der Waals surface area contributed by atoms with Gasteiger partial charge in [-0.3, -0.25) is 4.79 Å². The van der Waals surface area contributed by atoms with Gasteiger partial charge in [0.2, 0.25) is 0 Å². The largest absolute Gasteiger partial charge is 0.376 e. The number of halogens is 2. The topological polar surface area (TPSA) is 38.3 Å². The van der Waals surface area contributed by atoms with Crippen molar-refractivity contribution in [3.63, 3.8) is 0 Å². The number of amides is 1. The zero-order valence-corrected chi connectivity index (χ0v) is 10.7. The first kappa shape index (κ1) is 12.7. The fraction of sp³-hybridized carbons (Fsp3) is 0.417. The number of benzene rings is 1. The zero-order valence-electron chi connectivity index (χ0n) is 9.21. The predicted octanol–water partition coefficient (Wildman–Crippen LogP) is 2.90. The van der Waals surface area contributed by atoms with Crippen LogP contribution in [0.15, 0.2) is 18.2 Å². The third-order valence-electron chi connectivity index (χ3n) is 2.71. The monoisotopic (exact) mass is 273 g/mol. The second-order valence-corrected chi connectivity index (χ2v) is 4.73. The SMILES string of the molecule is O=C(NCC1CCCO1)c1cccc(Cl)c1Cl. The summed E-state index contributed by atoms with van der Waals surface area (Å²) in [7, 11) is 0. The van der Waals surface area contributed by atoms with Crippen molar-refractivity contribution in [1.29, 1.82) is 0 Å². The van der Waals surface area contributed by atoms with E-state index < -0.39 is 0 Å². The first-order valence-corrected chi connectivity index (χ1v) is 6.28. The molecule has 1 fully saturated rings. The van der Waals surface area contributed by atoms with Gasteiger partial charge in [-0.15, -0.1) is 0 Å². The Hall–Kier alpha value is -0.770. The van der Waals surface area contributed by atoms with Crippen LogP contribution in [0.5, 0.6) is 0 Å². The molecule has 0 spiro atoms. The van der Waals surface area contributed by atoms with Crippen molar-refractivity contribution in [2.75, 3.05) is 13.2 Å². The number of carbonyl (C=O) groups excluding carboxylic acids is 1. The summed E-state index contributed by atoms with van der Waals surface area (Å²) in [6.07, 6.45) is 2.17. The summed E-state index contributed by atoms with van der Waals surface area (Å²) in [5.74, 6) is -0.215. The maximum absolute atomic E-state index is 11.9. The summed E-state index contributed by atoms with van der Waals surface area (Å²) in [4.78, 5) is 11.9. The molecule has 1 heterocycles. The van der Waals surface area contributed by atoms with E-state index in [1.165, 1.54) is 0 Å². The molecule has 3 nitrogen and oxygen atoms in total. The molecular weight excluding hydrogens is 261 g/mol. The van der Waals surface area contributed by atoms with Gasteiger partial charge in [-0.05, 0) is 25.0 Å². The third kappa shape index (κ3) is 3.12. The second-order valence-electron chi connectivity index (χ2n) is 3.95. The lowest BCUT2D eigenvalue weighted by Crippen LogP contribution is -2.31. The van der Waals surface area contributed by atoms with Crippen molar-refractivity contribution in [2.45, 2.75) is 18.9 Å². The van der Waals surface area contributed by atoms with E-state index in [4.69, 9.17) is 27.9 Å². The molecule has 1 saturated heterocycles. The molecule has 1 N–H and O–H groups in total. The Morgan fingerprint density at radius 2 is 2.29 bits per heavy atom. The van der Waals surface area contributed by atoms with Crippen LogP contribution in [-0.2, 0) is 4.74 Å². The van der Waals surface area contributed by atoms with Gasteiger partial charge in [-0.2, -0.15) is 0 Å². The minimum absolute atomic E-state index is 0.122. The number of hydrogen-bond donors (Lipinski definition) is 1. The summed E-state index contributed by atoms with van der Waals surface area (Å²) >= 11 is 11.8. The van der Waals surface area contributed by atoms with E-state index in [0.29, 0.717) is 22.2 Å². The number of ether oxygens (including phenoxy) is 1. The van der Waals surface area contributed by atoms with E-state index in [9.17, 15) is 4.79 Å². The van der Waals surface area contributed by atoms with Crippen molar-refractivity contribution in [2.24, 2.45) is 0 Å². The molecule has 0 saturated carbocycles. The summed E-state index contributed by atoms with van der Waals surface area (Å²) in [6.45, 7) is 1.29. The van der Waals surface area contributed by atoms with Gasteiger partial charge in [-0.1, -0.05) is 29.3 Å². The van der Waals surface area contributed by atoms with Gasteiger partial charge in [0.1, 0.15) is 0 Å². The maximum Gasteiger partial charge on any atom is 0.252 e. The molecule has 0 radical (unpaired) electrons. The van der Waals surface area contributed by atoms with E-state index in [1.807, 2.05) is 0 Å². The van der Waals surface area contributed by atoms with Crippen LogP contribution in [-0.4, -0.2) is 25.2 Å². The highest BCUT2D eigenvalue weighted by Crippen LogP contribution is 2.25. The van der Waals surface area contributed by atoms with Gasteiger partial charge in [0.25, 0.3) is 5.91 Å². The Balaban J connectivity index is 1.97. The maximum atomic E-state index is 11.9. The summed E-state index contributed by atoms with van der Waals surface area (Å²) in [5.41, 5.74) is 0.400. The first-order valence-electron chi connectivity index (χ1n) is 5.52. The standard InChI is InChI=1S/C12H13Cl2NO2/c13-10-5-1-4-9(11(10)14)12(16)15-7-8-3-2-6-17-8/h1,4-5,8H,2-3,6-7H2,(H,15,16). The Bertz CT molecular complexity index is 417. The molecule has 1 aliphatic heterocycles. The van der Waals surface area contributed by atoms with Crippen LogP contribution >= 0.6 is 23.2 Å². The van der Waals surface area contributed by atoms with Crippen LogP contribution in [0.2, 0.25) is 10.0 Å². The number of nitrogens with one attached hydrogen (secondary N) is 1. The molecule has 5 heteroatoms. The average molecular weight is 274 g/mol. The summed E-state index contributed by atoms with van der Waals surface area (Å²) in [5, 5.41) is 3.48. The molecule has 0 aromatic heterocycles. The normalized spacial score (nSPS) is 19.3. The fourth-order valence-corrected chi connectivity index (χ4v) is 2.17. The number of carbonyl (C=O) groups is 1. The molecule has 92 valence electrons. The van der Waals surface area contributed by atoms with Crippen LogP contribution in [0.3, 0.4) is 0 Å². The number of rotatable bonds is 3. The van der Waals surface area contributed by atoms with Crippen molar-refractivity contribution >= 4 is 29.1 Å². The summed E-state index contributed by atoms with van der Waals surface area (Å²) < 4.78 is 5.42. The molecule has 1 aromatic rings. The zero-order chi connectivity index (χ0) is 12.3. The molecule has 1 aromatic carbocycles. The molecule has 0 bridgehead atoms. The first-order chi connectivity index (χ1) is 8.18. The van der Waals surface area contributed by atoms with Gasteiger partial charge in [0, 0.05) is 13.2 Å². The Kier molecular flexibility index (Phi) is 4.26. The molecule has 1 unspecified atom stereocenters. The van der Waals surface area contributed by atoms with Gasteiger partial charge < -0.3 is 10.1 Å². The van der Waals surface area contributed by atoms with Crippen LogP contribution in [0.4, 0.5) is 0 Å². The molecule has 17 heavy (non-hydrogen) atoms. The van der Waals surface area contributed by atoms with Crippen LogP contribution in [0.1, 0.15) is 23.2 Å². The third-order valence-corrected chi connectivity index (χ3v) is 3.53. The summed E-state index contributed by atoms with van der Waals surface area (Å²) in [6, 6.07) is 5.01. The van der Waals surface area contributed by atoms with E-state index in [2.05, 4.69) is 5.32 Å². The van der Waals surface area contributed by atoms with E-state index in [1.54, 1.807) is 18.2 Å². The highest BCUT2D eigenvalue weighted by Gasteiger charge is 2.18. The molecule has 2 rings (SSSR count). The Morgan fingerprint density at radius 1 is 1.47 bits per heavy atom. The van der Waals surface area contributed by atoms with E-state index in [0.717, 1.165) is 19.4 Å². The van der Waals surface area contributed by atoms with Gasteiger partial charge in [0.15, 0.2) is 0 Å².